The van der Waals surface area contributed by atoms with Gasteiger partial charge >= 0.3 is 23.1 Å². The number of hydrogen-bond donors (Lipinski definition) is 0. The summed E-state index contributed by atoms with van der Waals surface area (Å²) in [5, 5.41) is 1.64. The molecule has 0 unspecified atom stereocenters. The van der Waals surface area contributed by atoms with Crippen LogP contribution in [0.5, 0.6) is 0 Å². The molecule has 0 fully saturated rings. The maximum Gasteiger partial charge on any atom is 2.00 e. The summed E-state index contributed by atoms with van der Waals surface area (Å²) >= 11 is 0. The van der Waals surface area contributed by atoms with Crippen LogP contribution >= 0.6 is 8.58 Å². The standard InChI is InChI=1S/C12H8F2P.ClH.Mg/c13-9-3-1-5-11(7-9)15-12-6-2-4-10(14)8-12;;/h1-8H;1H;/q-1;;+2/p-1. The van der Waals surface area contributed by atoms with E-state index in [-0.39, 0.29) is 47.1 Å². The van der Waals surface area contributed by atoms with Crippen LogP contribution in [0.1, 0.15) is 0 Å². The van der Waals surface area contributed by atoms with Gasteiger partial charge in [0.05, 0.1) is 0 Å². The monoisotopic (exact) mass is 280 g/mol. The van der Waals surface area contributed by atoms with Gasteiger partial charge in [0, 0.05) is 0 Å². The van der Waals surface area contributed by atoms with E-state index in [2.05, 4.69) is 0 Å². The molecule has 0 saturated carbocycles. The van der Waals surface area contributed by atoms with E-state index in [9.17, 15) is 8.78 Å². The van der Waals surface area contributed by atoms with E-state index in [4.69, 9.17) is 0 Å². The minimum atomic E-state index is -0.267. The molecule has 0 bridgehead atoms. The second-order valence-electron chi connectivity index (χ2n) is 3.07. The van der Waals surface area contributed by atoms with Crippen LogP contribution in [0.15, 0.2) is 48.5 Å². The van der Waals surface area contributed by atoms with Crippen LogP contribution in [0.25, 0.3) is 0 Å². The molecular weight excluding hydrogens is 273 g/mol. The predicted molar refractivity (Wildman–Crippen MR) is 64.7 cm³/mol. The fraction of sp³-hybridized carbons (Fsp3) is 0. The molecule has 2 aromatic rings. The van der Waals surface area contributed by atoms with Crippen molar-refractivity contribution in [3.05, 3.63) is 60.2 Å². The molecule has 0 heterocycles. The van der Waals surface area contributed by atoms with Gasteiger partial charge in [-0.15, -0.1) is 0 Å². The van der Waals surface area contributed by atoms with Gasteiger partial charge in [-0.25, -0.2) is 8.78 Å². The van der Waals surface area contributed by atoms with Gasteiger partial charge in [-0.05, 0) is 12.1 Å². The zero-order chi connectivity index (χ0) is 10.7. The Bertz CT molecular complexity index is 436. The smallest absolute Gasteiger partial charge is 1.00 e. The third-order valence-electron chi connectivity index (χ3n) is 1.87. The number of rotatable bonds is 2. The normalized spacial score (nSPS) is 9.06. The Labute approximate surface area is 123 Å². The van der Waals surface area contributed by atoms with Crippen molar-refractivity contribution < 1.29 is 21.2 Å². The quantitative estimate of drug-likeness (QED) is 0.513. The summed E-state index contributed by atoms with van der Waals surface area (Å²) in [6, 6.07) is 12.6. The first-order valence-electron chi connectivity index (χ1n) is 4.47. The summed E-state index contributed by atoms with van der Waals surface area (Å²) in [5.41, 5.74) is 0. The Kier molecular flexibility index (Phi) is 7.89. The third-order valence-corrected chi connectivity index (χ3v) is 2.95. The first-order chi connectivity index (χ1) is 7.24. The summed E-state index contributed by atoms with van der Waals surface area (Å²) < 4.78 is 25.7. The number of benzene rings is 2. The Morgan fingerprint density at radius 1 is 0.765 bits per heavy atom. The molecular formula is C12H8ClF2MgP. The number of halogens is 3. The van der Waals surface area contributed by atoms with Gasteiger partial charge in [0.25, 0.3) is 0 Å². The zero-order valence-electron chi connectivity index (χ0n) is 8.91. The molecule has 2 rings (SSSR count). The van der Waals surface area contributed by atoms with Crippen LogP contribution in [-0.4, -0.2) is 23.1 Å². The van der Waals surface area contributed by atoms with E-state index in [1.165, 1.54) is 24.3 Å². The maximum absolute atomic E-state index is 12.9. The van der Waals surface area contributed by atoms with Crippen LogP contribution in [-0.2, 0) is 0 Å². The van der Waals surface area contributed by atoms with E-state index in [1.54, 1.807) is 12.1 Å². The Morgan fingerprint density at radius 2 is 1.18 bits per heavy atom. The Balaban J connectivity index is 0.00000128. The summed E-state index contributed by atoms with van der Waals surface area (Å²) in [4.78, 5) is 0. The van der Waals surface area contributed by atoms with E-state index < -0.39 is 0 Å². The van der Waals surface area contributed by atoms with Gasteiger partial charge in [0.15, 0.2) is 0 Å². The summed E-state index contributed by atoms with van der Waals surface area (Å²) in [6.45, 7) is 0. The molecule has 0 aliphatic rings. The molecule has 0 atom stereocenters. The molecule has 2 aromatic carbocycles. The first kappa shape index (κ1) is 16.8. The van der Waals surface area contributed by atoms with Gasteiger partial charge in [-0.1, -0.05) is 36.4 Å². The van der Waals surface area contributed by atoms with Crippen LogP contribution in [0.2, 0.25) is 0 Å². The molecule has 0 saturated heterocycles. The molecule has 0 radical (unpaired) electrons. The molecule has 0 N–H and O–H groups in total. The van der Waals surface area contributed by atoms with Crippen molar-refractivity contribution in [2.75, 3.05) is 0 Å². The molecule has 0 nitrogen and oxygen atoms in total. The molecule has 0 aliphatic heterocycles. The minimum Gasteiger partial charge on any atom is -1.00 e. The fourth-order valence-corrected chi connectivity index (χ4v) is 2.24. The molecule has 0 aromatic heterocycles. The van der Waals surface area contributed by atoms with Crippen molar-refractivity contribution >= 4 is 42.2 Å². The minimum absolute atomic E-state index is 0. The van der Waals surface area contributed by atoms with Crippen molar-refractivity contribution in [2.45, 2.75) is 0 Å². The van der Waals surface area contributed by atoms with Gasteiger partial charge in [0.2, 0.25) is 0 Å². The average molecular weight is 281 g/mol. The van der Waals surface area contributed by atoms with Crippen molar-refractivity contribution in [1.82, 2.24) is 0 Å². The van der Waals surface area contributed by atoms with Crippen molar-refractivity contribution in [1.29, 1.82) is 0 Å². The van der Waals surface area contributed by atoms with Crippen LogP contribution in [0.4, 0.5) is 8.78 Å². The third kappa shape index (κ3) is 5.30. The van der Waals surface area contributed by atoms with Gasteiger partial charge in [-0.2, -0.15) is 10.6 Å². The Morgan fingerprint density at radius 3 is 1.53 bits per heavy atom. The maximum atomic E-state index is 12.9. The van der Waals surface area contributed by atoms with Crippen LogP contribution < -0.4 is 23.0 Å². The van der Waals surface area contributed by atoms with Crippen LogP contribution in [0, 0.1) is 11.6 Å². The van der Waals surface area contributed by atoms with E-state index in [1.807, 2.05) is 12.1 Å². The van der Waals surface area contributed by atoms with E-state index >= 15 is 0 Å². The summed E-state index contributed by atoms with van der Waals surface area (Å²) in [6.07, 6.45) is 0. The molecule has 17 heavy (non-hydrogen) atoms. The van der Waals surface area contributed by atoms with Crippen molar-refractivity contribution in [3.63, 3.8) is 0 Å². The fourth-order valence-electron chi connectivity index (χ4n) is 1.24. The van der Waals surface area contributed by atoms with Gasteiger partial charge in [-0.3, -0.25) is 0 Å². The van der Waals surface area contributed by atoms with Gasteiger partial charge < -0.3 is 21.0 Å². The molecule has 0 aliphatic carbocycles. The van der Waals surface area contributed by atoms with Crippen LogP contribution in [0.3, 0.4) is 0 Å². The molecule has 0 spiro atoms. The largest absolute Gasteiger partial charge is 2.00 e. The SMILES string of the molecule is Fc1cccc([P-]c2cccc(F)c2)c1.[Cl-].[Mg+2]. The first-order valence-corrected chi connectivity index (χ1v) is 5.36. The van der Waals surface area contributed by atoms with Crippen molar-refractivity contribution in [2.24, 2.45) is 0 Å². The molecule has 84 valence electrons. The topological polar surface area (TPSA) is 0 Å². The van der Waals surface area contributed by atoms with E-state index in [0.717, 1.165) is 19.2 Å². The number of hydrogen-bond acceptors (Lipinski definition) is 0. The zero-order valence-corrected chi connectivity index (χ0v) is 12.0. The van der Waals surface area contributed by atoms with Crippen molar-refractivity contribution in [3.8, 4) is 0 Å². The molecule has 5 heteroatoms. The predicted octanol–water partition coefficient (Wildman–Crippen LogP) is -0.515. The average Bonchev–Trinajstić information content (AvgIpc) is 2.17. The molecule has 0 amide bonds. The summed E-state index contributed by atoms with van der Waals surface area (Å²) in [5.74, 6) is -0.534. The Hall–Kier alpha value is -0.214. The second kappa shape index (κ2) is 7.99. The van der Waals surface area contributed by atoms with Gasteiger partial charge in [0.1, 0.15) is 11.6 Å². The summed E-state index contributed by atoms with van der Waals surface area (Å²) in [7, 11) is 0.813. The second-order valence-corrected chi connectivity index (χ2v) is 4.33. The van der Waals surface area contributed by atoms with E-state index in [0.29, 0.717) is 0 Å².